The molecule has 7 nitrogen and oxygen atoms in total. The Kier molecular flexibility index (Phi) is 3.91. The molecule has 2 aliphatic rings. The van der Waals surface area contributed by atoms with Crippen LogP contribution in [0.5, 0.6) is 0 Å². The van der Waals surface area contributed by atoms with E-state index < -0.39 is 12.1 Å². The van der Waals surface area contributed by atoms with Crippen molar-refractivity contribution in [3.63, 3.8) is 0 Å². The van der Waals surface area contributed by atoms with E-state index >= 15 is 0 Å². The van der Waals surface area contributed by atoms with Crippen LogP contribution in [0.1, 0.15) is 24.5 Å². The van der Waals surface area contributed by atoms with Gasteiger partial charge in [-0.1, -0.05) is 5.16 Å². The zero-order valence-electron chi connectivity index (χ0n) is 13.9. The van der Waals surface area contributed by atoms with Gasteiger partial charge < -0.3 is 14.6 Å². The SMILES string of the molecule is CCNC(=O)[C@@H]1COC(=O)N1c1ccc2c(c1)CCCc1cnoc1-2. The predicted molar refractivity (Wildman–Crippen MR) is 90.3 cm³/mol. The number of benzene rings is 1. The van der Waals surface area contributed by atoms with E-state index in [-0.39, 0.29) is 12.5 Å². The van der Waals surface area contributed by atoms with Gasteiger partial charge in [0.1, 0.15) is 6.61 Å². The van der Waals surface area contributed by atoms with Gasteiger partial charge in [0.25, 0.3) is 0 Å². The largest absolute Gasteiger partial charge is 0.446 e. The summed E-state index contributed by atoms with van der Waals surface area (Å²) in [7, 11) is 0. The maximum atomic E-state index is 12.2. The number of aromatic nitrogens is 1. The second kappa shape index (κ2) is 6.23. The summed E-state index contributed by atoms with van der Waals surface area (Å²) in [5.41, 5.74) is 3.85. The number of likely N-dealkylation sites (N-methyl/N-ethyl adjacent to an activating group) is 1. The number of hydrogen-bond donors (Lipinski definition) is 1. The molecule has 2 amide bonds. The van der Waals surface area contributed by atoms with Crippen molar-refractivity contribution in [2.45, 2.75) is 32.2 Å². The normalized spacial score (nSPS) is 19.0. The fourth-order valence-corrected chi connectivity index (χ4v) is 3.48. The van der Waals surface area contributed by atoms with E-state index in [1.54, 1.807) is 6.20 Å². The van der Waals surface area contributed by atoms with Crippen LogP contribution in [-0.2, 0) is 22.4 Å². The summed E-state index contributed by atoms with van der Waals surface area (Å²) in [6.45, 7) is 2.42. The number of carbonyl (C=O) groups excluding carboxylic acids is 2. The molecule has 1 aromatic heterocycles. The zero-order valence-corrected chi connectivity index (χ0v) is 13.9. The van der Waals surface area contributed by atoms with Gasteiger partial charge in [-0.25, -0.2) is 4.79 Å². The van der Waals surface area contributed by atoms with Crippen LogP contribution < -0.4 is 10.2 Å². The Balaban J connectivity index is 1.71. The third-order valence-electron chi connectivity index (χ3n) is 4.67. The number of nitrogens with zero attached hydrogens (tertiary/aromatic N) is 2. The van der Waals surface area contributed by atoms with E-state index in [2.05, 4.69) is 10.5 Å². The van der Waals surface area contributed by atoms with E-state index in [9.17, 15) is 9.59 Å². The first-order valence-electron chi connectivity index (χ1n) is 8.49. The lowest BCUT2D eigenvalue weighted by molar-refractivity contribution is -0.122. The molecule has 0 spiro atoms. The maximum Gasteiger partial charge on any atom is 0.415 e. The molecule has 1 N–H and O–H groups in total. The summed E-state index contributed by atoms with van der Waals surface area (Å²) in [4.78, 5) is 25.8. The van der Waals surface area contributed by atoms with E-state index in [0.717, 1.165) is 41.7 Å². The van der Waals surface area contributed by atoms with Crippen LogP contribution in [0.15, 0.2) is 28.9 Å². The lowest BCUT2D eigenvalue weighted by Crippen LogP contribution is -2.45. The number of rotatable bonds is 3. The van der Waals surface area contributed by atoms with Gasteiger partial charge in [-0.15, -0.1) is 0 Å². The van der Waals surface area contributed by atoms with Crippen LogP contribution in [0.4, 0.5) is 10.5 Å². The van der Waals surface area contributed by atoms with Crippen molar-refractivity contribution in [3.8, 4) is 11.3 Å². The number of nitrogens with one attached hydrogen (secondary N) is 1. The smallest absolute Gasteiger partial charge is 0.415 e. The van der Waals surface area contributed by atoms with Gasteiger partial charge in [0, 0.05) is 23.4 Å². The molecule has 4 rings (SSSR count). The Hall–Kier alpha value is -2.83. The van der Waals surface area contributed by atoms with Crippen molar-refractivity contribution in [1.82, 2.24) is 10.5 Å². The van der Waals surface area contributed by atoms with E-state index in [1.807, 2.05) is 25.1 Å². The number of anilines is 1. The van der Waals surface area contributed by atoms with Gasteiger partial charge in [0.05, 0.1) is 6.20 Å². The number of fused-ring (bicyclic) bond motifs is 3. The van der Waals surface area contributed by atoms with Gasteiger partial charge >= 0.3 is 6.09 Å². The van der Waals surface area contributed by atoms with Crippen LogP contribution in [0.3, 0.4) is 0 Å². The summed E-state index contributed by atoms with van der Waals surface area (Å²) < 4.78 is 10.5. The van der Waals surface area contributed by atoms with E-state index in [0.29, 0.717) is 12.2 Å². The minimum atomic E-state index is -0.642. The highest BCUT2D eigenvalue weighted by Gasteiger charge is 2.39. The van der Waals surface area contributed by atoms with Crippen molar-refractivity contribution in [2.24, 2.45) is 0 Å². The average molecular weight is 341 g/mol. The van der Waals surface area contributed by atoms with Crippen LogP contribution in [0.25, 0.3) is 11.3 Å². The highest BCUT2D eigenvalue weighted by molar-refractivity contribution is 6.00. The Labute approximate surface area is 144 Å². The molecule has 1 aliphatic carbocycles. The molecule has 0 saturated carbocycles. The predicted octanol–water partition coefficient (Wildman–Crippen LogP) is 2.29. The Morgan fingerprint density at radius 1 is 1.36 bits per heavy atom. The molecule has 0 unspecified atom stereocenters. The third-order valence-corrected chi connectivity index (χ3v) is 4.67. The molecule has 1 aromatic carbocycles. The molecule has 7 heteroatoms. The molecule has 1 aliphatic heterocycles. The number of hydrogen-bond acceptors (Lipinski definition) is 5. The highest BCUT2D eigenvalue weighted by Crippen LogP contribution is 2.35. The molecular formula is C18H19N3O4. The molecule has 0 radical (unpaired) electrons. The first-order chi connectivity index (χ1) is 12.2. The number of ether oxygens (including phenoxy) is 1. The standard InChI is InChI=1S/C18H19N3O4/c1-2-19-17(22)15-10-24-18(23)21(15)13-6-7-14-11(8-13)4-3-5-12-9-20-25-16(12)14/h6-9,15H,2-5,10H2,1H3,(H,19,22)/t15-/m0/s1. The van der Waals surface area contributed by atoms with Crippen molar-refractivity contribution in [2.75, 3.05) is 18.1 Å². The van der Waals surface area contributed by atoms with Crippen LogP contribution >= 0.6 is 0 Å². The van der Waals surface area contributed by atoms with Crippen LogP contribution in [-0.4, -0.2) is 36.4 Å². The number of amides is 2. The van der Waals surface area contributed by atoms with Gasteiger partial charge in [-0.3, -0.25) is 9.69 Å². The number of aryl methyl sites for hydroxylation is 2. The summed E-state index contributed by atoms with van der Waals surface area (Å²) in [5.74, 6) is 0.587. The van der Waals surface area contributed by atoms with Gasteiger partial charge in [-0.05, 0) is 49.9 Å². The molecular weight excluding hydrogens is 322 g/mol. The van der Waals surface area contributed by atoms with Crippen LogP contribution in [0, 0.1) is 0 Å². The van der Waals surface area contributed by atoms with Crippen molar-refractivity contribution in [1.29, 1.82) is 0 Å². The molecule has 25 heavy (non-hydrogen) atoms. The zero-order chi connectivity index (χ0) is 17.4. The van der Waals surface area contributed by atoms with Gasteiger partial charge in [0.15, 0.2) is 11.8 Å². The Morgan fingerprint density at radius 3 is 3.04 bits per heavy atom. The quantitative estimate of drug-likeness (QED) is 0.926. The molecule has 130 valence electrons. The lowest BCUT2D eigenvalue weighted by Gasteiger charge is -2.21. The molecule has 1 fully saturated rings. The molecule has 1 atom stereocenters. The van der Waals surface area contributed by atoms with Gasteiger partial charge in [0.2, 0.25) is 5.91 Å². The van der Waals surface area contributed by atoms with Crippen molar-refractivity contribution in [3.05, 3.63) is 35.5 Å². The lowest BCUT2D eigenvalue weighted by atomic mass is 10.0. The fraction of sp³-hybridized carbons (Fsp3) is 0.389. The molecule has 1 saturated heterocycles. The molecule has 2 heterocycles. The maximum absolute atomic E-state index is 12.2. The third kappa shape index (κ3) is 2.65. The van der Waals surface area contributed by atoms with Crippen molar-refractivity contribution >= 4 is 17.7 Å². The first kappa shape index (κ1) is 15.7. The van der Waals surface area contributed by atoms with E-state index in [4.69, 9.17) is 9.26 Å². The molecule has 2 aromatic rings. The summed E-state index contributed by atoms with van der Waals surface area (Å²) >= 11 is 0. The second-order valence-electron chi connectivity index (χ2n) is 6.23. The molecule has 0 bridgehead atoms. The first-order valence-corrected chi connectivity index (χ1v) is 8.49. The summed E-state index contributed by atoms with van der Waals surface area (Å²) in [6.07, 6.45) is 4.04. The minimum Gasteiger partial charge on any atom is -0.446 e. The monoisotopic (exact) mass is 341 g/mol. The topological polar surface area (TPSA) is 84.7 Å². The Morgan fingerprint density at radius 2 is 2.20 bits per heavy atom. The van der Waals surface area contributed by atoms with E-state index in [1.165, 1.54) is 4.90 Å². The number of carbonyl (C=O) groups is 2. The summed E-state index contributed by atoms with van der Waals surface area (Å²) in [5, 5.41) is 6.65. The Bertz CT molecular complexity index is 829. The minimum absolute atomic E-state index is 0.0635. The summed E-state index contributed by atoms with van der Waals surface area (Å²) in [6, 6.07) is 5.07. The highest BCUT2D eigenvalue weighted by atomic mass is 16.6. The number of cyclic esters (lactones) is 1. The van der Waals surface area contributed by atoms with Crippen LogP contribution in [0.2, 0.25) is 0 Å². The average Bonchev–Trinajstić information content (AvgIpc) is 3.18. The second-order valence-corrected chi connectivity index (χ2v) is 6.23. The van der Waals surface area contributed by atoms with Gasteiger partial charge in [-0.2, -0.15) is 0 Å². The van der Waals surface area contributed by atoms with Crippen molar-refractivity contribution < 1.29 is 18.8 Å². The fourth-order valence-electron chi connectivity index (χ4n) is 3.48.